The summed E-state index contributed by atoms with van der Waals surface area (Å²) in [5, 5.41) is 2.42. The third kappa shape index (κ3) is 0.852. The number of rotatable bonds is 0. The van der Waals surface area contributed by atoms with Crippen LogP contribution in [0.5, 0.6) is 0 Å². The molecule has 16 heavy (non-hydrogen) atoms. The van der Waals surface area contributed by atoms with E-state index in [1.54, 1.807) is 0 Å². The molecule has 0 bridgehead atoms. The zero-order valence-corrected chi connectivity index (χ0v) is 8.40. The molecule has 0 saturated heterocycles. The molecule has 0 aliphatic carbocycles. The molecular weight excluding hydrogens is 200 g/mol. The topological polar surface area (TPSA) is 41.8 Å². The number of aromatic amines is 1. The van der Waals surface area contributed by atoms with E-state index in [4.69, 9.17) is 4.42 Å². The van der Waals surface area contributed by atoms with Crippen molar-refractivity contribution in [2.75, 3.05) is 0 Å². The van der Waals surface area contributed by atoms with Crippen LogP contribution in [0.15, 0.2) is 47.2 Å². The van der Waals surface area contributed by atoms with Gasteiger partial charge in [-0.05, 0) is 18.2 Å². The van der Waals surface area contributed by atoms with E-state index in [-0.39, 0.29) is 0 Å². The van der Waals surface area contributed by atoms with Crippen LogP contribution in [-0.2, 0) is 0 Å². The largest absolute Gasteiger partial charge is 0.443 e. The van der Waals surface area contributed by atoms with Crippen LogP contribution < -0.4 is 0 Å². The number of nitrogens with one attached hydrogen (secondary N) is 1. The van der Waals surface area contributed by atoms with Crippen molar-refractivity contribution in [2.45, 2.75) is 0 Å². The number of hydrogen-bond donors (Lipinski definition) is 1. The van der Waals surface area contributed by atoms with Gasteiger partial charge in [0.15, 0.2) is 12.0 Å². The monoisotopic (exact) mass is 208 g/mol. The molecule has 2 aromatic carbocycles. The molecule has 76 valence electrons. The van der Waals surface area contributed by atoms with Gasteiger partial charge in [-0.3, -0.25) is 0 Å². The number of benzene rings is 2. The van der Waals surface area contributed by atoms with Gasteiger partial charge in [-0.15, -0.1) is 0 Å². The van der Waals surface area contributed by atoms with Crippen LogP contribution in [0.25, 0.3) is 32.9 Å². The lowest BCUT2D eigenvalue weighted by molar-refractivity contribution is 0.602. The van der Waals surface area contributed by atoms with Gasteiger partial charge in [-0.25, -0.2) is 4.98 Å². The Labute approximate surface area is 90.7 Å². The number of hydrogen-bond acceptors (Lipinski definition) is 2. The first-order valence-corrected chi connectivity index (χ1v) is 5.16. The molecule has 0 unspecified atom stereocenters. The second-order valence-corrected chi connectivity index (χ2v) is 3.86. The van der Waals surface area contributed by atoms with Gasteiger partial charge in [0.2, 0.25) is 0 Å². The van der Waals surface area contributed by atoms with Gasteiger partial charge in [0.25, 0.3) is 0 Å². The highest BCUT2D eigenvalue weighted by Gasteiger charge is 2.09. The van der Waals surface area contributed by atoms with Gasteiger partial charge < -0.3 is 9.40 Å². The molecule has 3 nitrogen and oxygen atoms in total. The average molecular weight is 208 g/mol. The normalized spacial score (nSPS) is 11.8. The third-order valence-electron chi connectivity index (χ3n) is 2.98. The quantitative estimate of drug-likeness (QED) is 0.480. The van der Waals surface area contributed by atoms with Crippen LogP contribution >= 0.6 is 0 Å². The predicted octanol–water partition coefficient (Wildman–Crippen LogP) is 3.46. The Balaban J connectivity index is 2.38. The molecule has 1 N–H and O–H groups in total. The van der Waals surface area contributed by atoms with Crippen LogP contribution in [0.4, 0.5) is 0 Å². The standard InChI is InChI=1S/C13H8N2O/c1-2-4-10-8(3-1)9-5-6-11-13(12(9)15-10)14-7-16-11/h1-7,15H. The summed E-state index contributed by atoms with van der Waals surface area (Å²) in [6.07, 6.45) is 1.48. The molecule has 4 rings (SSSR count). The van der Waals surface area contributed by atoms with Gasteiger partial charge >= 0.3 is 0 Å². The Morgan fingerprint density at radius 2 is 1.94 bits per heavy atom. The van der Waals surface area contributed by atoms with Crippen LogP contribution in [0.3, 0.4) is 0 Å². The van der Waals surface area contributed by atoms with Crippen LogP contribution in [0, 0.1) is 0 Å². The Morgan fingerprint density at radius 1 is 1.00 bits per heavy atom. The summed E-state index contributed by atoms with van der Waals surface area (Å²) in [5.41, 5.74) is 3.90. The molecule has 0 spiro atoms. The summed E-state index contributed by atoms with van der Waals surface area (Å²) in [6.45, 7) is 0. The van der Waals surface area contributed by atoms with E-state index in [2.05, 4.69) is 28.2 Å². The van der Waals surface area contributed by atoms with Crippen molar-refractivity contribution in [2.24, 2.45) is 0 Å². The summed E-state index contributed by atoms with van der Waals surface area (Å²) >= 11 is 0. The lowest BCUT2D eigenvalue weighted by Crippen LogP contribution is -1.71. The molecule has 4 aromatic rings. The lowest BCUT2D eigenvalue weighted by atomic mass is 10.1. The number of fused-ring (bicyclic) bond motifs is 5. The van der Waals surface area contributed by atoms with Gasteiger partial charge in [-0.2, -0.15) is 0 Å². The highest BCUT2D eigenvalue weighted by Crippen LogP contribution is 2.29. The number of para-hydroxylation sites is 1. The summed E-state index contributed by atoms with van der Waals surface area (Å²) < 4.78 is 5.29. The van der Waals surface area contributed by atoms with Crippen LogP contribution in [0.2, 0.25) is 0 Å². The minimum absolute atomic E-state index is 0.819. The van der Waals surface area contributed by atoms with Crippen molar-refractivity contribution in [3.8, 4) is 0 Å². The van der Waals surface area contributed by atoms with Gasteiger partial charge in [0.05, 0.1) is 5.52 Å². The second kappa shape index (κ2) is 2.64. The van der Waals surface area contributed by atoms with E-state index in [1.165, 1.54) is 17.2 Å². The van der Waals surface area contributed by atoms with Crippen LogP contribution in [0.1, 0.15) is 0 Å². The Hall–Kier alpha value is -2.29. The predicted molar refractivity (Wildman–Crippen MR) is 63.4 cm³/mol. The molecule has 0 fully saturated rings. The summed E-state index contributed by atoms with van der Waals surface area (Å²) in [4.78, 5) is 7.63. The number of oxazole rings is 1. The highest BCUT2D eigenvalue weighted by molar-refractivity contribution is 6.14. The van der Waals surface area contributed by atoms with Gasteiger partial charge in [-0.1, -0.05) is 18.2 Å². The molecule has 0 atom stereocenters. The average Bonchev–Trinajstić information content (AvgIpc) is 2.92. The molecule has 2 heterocycles. The minimum atomic E-state index is 0.819. The molecule has 0 saturated carbocycles. The molecule has 0 amide bonds. The zero-order chi connectivity index (χ0) is 10.5. The second-order valence-electron chi connectivity index (χ2n) is 3.86. The van der Waals surface area contributed by atoms with E-state index < -0.39 is 0 Å². The molecule has 0 radical (unpaired) electrons. The fraction of sp³-hybridized carbons (Fsp3) is 0. The van der Waals surface area contributed by atoms with E-state index in [0.717, 1.165) is 22.1 Å². The zero-order valence-electron chi connectivity index (χ0n) is 8.40. The maximum atomic E-state index is 5.29. The summed E-state index contributed by atoms with van der Waals surface area (Å²) in [5.74, 6) is 0. The van der Waals surface area contributed by atoms with E-state index >= 15 is 0 Å². The smallest absolute Gasteiger partial charge is 0.182 e. The number of H-pyrrole nitrogens is 1. The van der Waals surface area contributed by atoms with Crippen molar-refractivity contribution in [1.82, 2.24) is 9.97 Å². The van der Waals surface area contributed by atoms with Crippen molar-refractivity contribution >= 4 is 32.9 Å². The van der Waals surface area contributed by atoms with E-state index in [0.29, 0.717) is 0 Å². The molecule has 0 aliphatic heterocycles. The van der Waals surface area contributed by atoms with E-state index in [1.807, 2.05) is 18.2 Å². The first kappa shape index (κ1) is 7.93. The molecule has 2 aromatic heterocycles. The third-order valence-corrected chi connectivity index (χ3v) is 2.98. The maximum absolute atomic E-state index is 5.29. The highest BCUT2D eigenvalue weighted by atomic mass is 16.3. The number of nitrogens with zero attached hydrogens (tertiary/aromatic N) is 1. The van der Waals surface area contributed by atoms with Gasteiger partial charge in [0.1, 0.15) is 5.52 Å². The first-order valence-electron chi connectivity index (χ1n) is 5.16. The molecule has 0 aliphatic rings. The SMILES string of the molecule is c1ccc2c(c1)[nH]c1c2ccc2ocnc21. The lowest BCUT2D eigenvalue weighted by Gasteiger charge is -1.90. The molecular formula is C13H8N2O. The van der Waals surface area contributed by atoms with Crippen molar-refractivity contribution in [3.63, 3.8) is 0 Å². The molecule has 3 heteroatoms. The fourth-order valence-corrected chi connectivity index (χ4v) is 2.24. The Kier molecular flexibility index (Phi) is 1.31. The van der Waals surface area contributed by atoms with Crippen LogP contribution in [-0.4, -0.2) is 9.97 Å². The Bertz CT molecular complexity index is 810. The fourth-order valence-electron chi connectivity index (χ4n) is 2.24. The van der Waals surface area contributed by atoms with E-state index in [9.17, 15) is 0 Å². The first-order chi connectivity index (χ1) is 7.93. The van der Waals surface area contributed by atoms with Crippen molar-refractivity contribution in [3.05, 3.63) is 42.8 Å². The maximum Gasteiger partial charge on any atom is 0.182 e. The minimum Gasteiger partial charge on any atom is -0.443 e. The summed E-state index contributed by atoms with van der Waals surface area (Å²) in [6, 6.07) is 12.3. The Morgan fingerprint density at radius 3 is 2.94 bits per heavy atom. The van der Waals surface area contributed by atoms with Gasteiger partial charge in [0, 0.05) is 16.3 Å². The summed E-state index contributed by atoms with van der Waals surface area (Å²) in [7, 11) is 0. The van der Waals surface area contributed by atoms with Crippen molar-refractivity contribution < 1.29 is 4.42 Å². The number of aromatic nitrogens is 2. The van der Waals surface area contributed by atoms with Crippen molar-refractivity contribution in [1.29, 1.82) is 0 Å².